The van der Waals surface area contributed by atoms with Gasteiger partial charge in [0, 0.05) is 31.9 Å². The first-order chi connectivity index (χ1) is 11.7. The van der Waals surface area contributed by atoms with Gasteiger partial charge in [0.25, 0.3) is 5.91 Å². The maximum absolute atomic E-state index is 12.1. The molecular formula is C19H25N3O2. The molecule has 0 bridgehead atoms. The van der Waals surface area contributed by atoms with Crippen LogP contribution in [0.25, 0.3) is 6.08 Å². The molecular weight excluding hydrogens is 302 g/mol. The summed E-state index contributed by atoms with van der Waals surface area (Å²) in [6.45, 7) is 7.33. The number of hydrogen-bond donors (Lipinski definition) is 1. The zero-order valence-electron chi connectivity index (χ0n) is 14.4. The largest absolute Gasteiger partial charge is 0.376 e. The van der Waals surface area contributed by atoms with E-state index in [1.165, 1.54) is 0 Å². The molecule has 2 rings (SSSR count). The van der Waals surface area contributed by atoms with Gasteiger partial charge in [-0.25, -0.2) is 0 Å². The molecule has 1 aromatic carbocycles. The minimum atomic E-state index is -0.346. The first-order valence-corrected chi connectivity index (χ1v) is 8.54. The summed E-state index contributed by atoms with van der Waals surface area (Å²) in [5.74, 6) is -0.346. The summed E-state index contributed by atoms with van der Waals surface area (Å²) in [4.78, 5) is 14.4. The lowest BCUT2D eigenvalue weighted by Crippen LogP contribution is -2.32. The Labute approximate surface area is 143 Å². The molecule has 0 aliphatic carbocycles. The van der Waals surface area contributed by atoms with Crippen LogP contribution in [0.3, 0.4) is 0 Å². The van der Waals surface area contributed by atoms with Crippen LogP contribution in [0.1, 0.15) is 32.3 Å². The Kier molecular flexibility index (Phi) is 6.83. The summed E-state index contributed by atoms with van der Waals surface area (Å²) in [6.07, 6.45) is 3.68. The molecule has 24 heavy (non-hydrogen) atoms. The molecule has 0 aromatic heterocycles. The highest BCUT2D eigenvalue weighted by Crippen LogP contribution is 2.17. The van der Waals surface area contributed by atoms with Gasteiger partial charge in [0.15, 0.2) is 0 Å². The van der Waals surface area contributed by atoms with Crippen molar-refractivity contribution in [1.82, 2.24) is 5.32 Å². The SMILES string of the molecule is CCN(CC)c1ccc(/C=C(\C#N)C(=O)NC[C@H]2CCCO2)cc1. The Morgan fingerprint density at radius 3 is 2.62 bits per heavy atom. The summed E-state index contributed by atoms with van der Waals surface area (Å²) in [5, 5.41) is 12.0. The molecule has 0 saturated carbocycles. The van der Waals surface area contributed by atoms with Gasteiger partial charge in [-0.2, -0.15) is 5.26 Å². The van der Waals surface area contributed by atoms with Crippen molar-refractivity contribution in [1.29, 1.82) is 5.26 Å². The zero-order valence-corrected chi connectivity index (χ0v) is 14.4. The molecule has 5 nitrogen and oxygen atoms in total. The van der Waals surface area contributed by atoms with Gasteiger partial charge in [0.1, 0.15) is 11.6 Å². The summed E-state index contributed by atoms with van der Waals surface area (Å²) in [5.41, 5.74) is 2.09. The minimum absolute atomic E-state index is 0.0715. The molecule has 1 heterocycles. The van der Waals surface area contributed by atoms with E-state index in [1.807, 2.05) is 30.3 Å². The summed E-state index contributed by atoms with van der Waals surface area (Å²) >= 11 is 0. The van der Waals surface area contributed by atoms with Crippen molar-refractivity contribution < 1.29 is 9.53 Å². The van der Waals surface area contributed by atoms with Crippen molar-refractivity contribution in [2.24, 2.45) is 0 Å². The van der Waals surface area contributed by atoms with Crippen molar-refractivity contribution in [2.75, 3.05) is 31.1 Å². The van der Waals surface area contributed by atoms with Crippen molar-refractivity contribution in [3.05, 3.63) is 35.4 Å². The minimum Gasteiger partial charge on any atom is -0.376 e. The molecule has 1 saturated heterocycles. The highest BCUT2D eigenvalue weighted by molar-refractivity contribution is 6.01. The van der Waals surface area contributed by atoms with Crippen LogP contribution in [0.4, 0.5) is 5.69 Å². The Morgan fingerprint density at radius 2 is 2.08 bits per heavy atom. The number of amides is 1. The van der Waals surface area contributed by atoms with E-state index < -0.39 is 0 Å². The number of hydrogen-bond acceptors (Lipinski definition) is 4. The number of nitrogens with zero attached hydrogens (tertiary/aromatic N) is 2. The van der Waals surface area contributed by atoms with Gasteiger partial charge in [0.05, 0.1) is 6.10 Å². The second kappa shape index (κ2) is 9.09. The number of ether oxygens (including phenoxy) is 1. The van der Waals surface area contributed by atoms with Crippen LogP contribution in [-0.2, 0) is 9.53 Å². The van der Waals surface area contributed by atoms with Crippen LogP contribution in [0, 0.1) is 11.3 Å². The fourth-order valence-corrected chi connectivity index (χ4v) is 2.79. The Hall–Kier alpha value is -2.32. The van der Waals surface area contributed by atoms with E-state index in [1.54, 1.807) is 6.08 Å². The lowest BCUT2D eigenvalue weighted by Gasteiger charge is -2.20. The lowest BCUT2D eigenvalue weighted by atomic mass is 10.1. The zero-order chi connectivity index (χ0) is 17.4. The van der Waals surface area contributed by atoms with E-state index in [9.17, 15) is 10.1 Å². The summed E-state index contributed by atoms with van der Waals surface area (Å²) in [6, 6.07) is 9.87. The normalized spacial score (nSPS) is 17.4. The van der Waals surface area contributed by atoms with Crippen LogP contribution >= 0.6 is 0 Å². The molecule has 0 radical (unpaired) electrons. The van der Waals surface area contributed by atoms with Crippen molar-refractivity contribution in [3.63, 3.8) is 0 Å². The Bertz CT molecular complexity index is 606. The summed E-state index contributed by atoms with van der Waals surface area (Å²) < 4.78 is 5.47. The number of nitrogens with one attached hydrogen (secondary N) is 1. The van der Waals surface area contributed by atoms with Gasteiger partial charge < -0.3 is 15.0 Å². The van der Waals surface area contributed by atoms with Gasteiger partial charge in [-0.3, -0.25) is 4.79 Å². The number of rotatable bonds is 7. The smallest absolute Gasteiger partial charge is 0.262 e. The molecule has 5 heteroatoms. The van der Waals surface area contributed by atoms with Crippen LogP contribution in [0.5, 0.6) is 0 Å². The van der Waals surface area contributed by atoms with Gasteiger partial charge in [-0.15, -0.1) is 0 Å². The first-order valence-electron chi connectivity index (χ1n) is 8.54. The maximum Gasteiger partial charge on any atom is 0.262 e. The van der Waals surface area contributed by atoms with Crippen molar-refractivity contribution >= 4 is 17.7 Å². The van der Waals surface area contributed by atoms with Gasteiger partial charge in [-0.1, -0.05) is 12.1 Å². The number of carbonyl (C=O) groups is 1. The number of carbonyl (C=O) groups excluding carboxylic acids is 1. The van der Waals surface area contributed by atoms with Crippen LogP contribution in [0.2, 0.25) is 0 Å². The average Bonchev–Trinajstić information content (AvgIpc) is 3.13. The van der Waals surface area contributed by atoms with Gasteiger partial charge >= 0.3 is 0 Å². The first kappa shape index (κ1) is 18.0. The predicted molar refractivity (Wildman–Crippen MR) is 95.6 cm³/mol. The lowest BCUT2D eigenvalue weighted by molar-refractivity contribution is -0.117. The number of anilines is 1. The third-order valence-electron chi connectivity index (χ3n) is 4.21. The molecule has 1 amide bonds. The van der Waals surface area contributed by atoms with Crippen molar-refractivity contribution in [3.8, 4) is 6.07 Å². The molecule has 1 fully saturated rings. The van der Waals surface area contributed by atoms with Crippen molar-refractivity contribution in [2.45, 2.75) is 32.8 Å². The molecule has 1 aliphatic rings. The van der Waals surface area contributed by atoms with E-state index in [0.29, 0.717) is 6.54 Å². The number of benzene rings is 1. The molecule has 128 valence electrons. The summed E-state index contributed by atoms with van der Waals surface area (Å²) in [7, 11) is 0. The van der Waals surface area contributed by atoms with Crippen LogP contribution in [-0.4, -0.2) is 38.3 Å². The topological polar surface area (TPSA) is 65.4 Å². The van der Waals surface area contributed by atoms with E-state index in [4.69, 9.17) is 4.74 Å². The predicted octanol–water partition coefficient (Wildman–Crippen LogP) is 2.73. The van der Waals surface area contributed by atoms with E-state index in [2.05, 4.69) is 24.1 Å². The monoisotopic (exact) mass is 327 g/mol. The third-order valence-corrected chi connectivity index (χ3v) is 4.21. The average molecular weight is 327 g/mol. The second-order valence-corrected chi connectivity index (χ2v) is 5.78. The Balaban J connectivity index is 2.00. The molecule has 1 N–H and O–H groups in total. The van der Waals surface area contributed by atoms with E-state index in [0.717, 1.165) is 43.8 Å². The molecule has 0 unspecified atom stereocenters. The maximum atomic E-state index is 12.1. The van der Waals surface area contributed by atoms with Gasteiger partial charge in [-0.05, 0) is 50.5 Å². The quantitative estimate of drug-likeness (QED) is 0.618. The molecule has 1 aliphatic heterocycles. The van der Waals surface area contributed by atoms with E-state index in [-0.39, 0.29) is 17.6 Å². The Morgan fingerprint density at radius 1 is 1.38 bits per heavy atom. The van der Waals surface area contributed by atoms with Gasteiger partial charge in [0.2, 0.25) is 0 Å². The van der Waals surface area contributed by atoms with E-state index >= 15 is 0 Å². The van der Waals surface area contributed by atoms with Crippen LogP contribution < -0.4 is 10.2 Å². The third kappa shape index (κ3) is 4.84. The standard InChI is InChI=1S/C19H25N3O2/c1-3-22(4-2)17-9-7-15(8-10-17)12-16(13-20)19(23)21-14-18-6-5-11-24-18/h7-10,12,18H,3-6,11,14H2,1-2H3,(H,21,23)/b16-12+/t18-/m1/s1. The highest BCUT2D eigenvalue weighted by atomic mass is 16.5. The fraction of sp³-hybridized carbons (Fsp3) is 0.474. The molecule has 0 spiro atoms. The van der Waals surface area contributed by atoms with Crippen LogP contribution in [0.15, 0.2) is 29.8 Å². The highest BCUT2D eigenvalue weighted by Gasteiger charge is 2.17. The second-order valence-electron chi connectivity index (χ2n) is 5.78. The fourth-order valence-electron chi connectivity index (χ4n) is 2.79. The molecule has 1 aromatic rings. The molecule has 1 atom stereocenters. The number of nitriles is 1.